The molecule has 1 aliphatic heterocycles. The number of guanidine groups is 1. The average Bonchev–Trinajstić information content (AvgIpc) is 2.48. The number of hydrogen-bond acceptors (Lipinski definition) is 4. The predicted molar refractivity (Wildman–Crippen MR) is 58.4 cm³/mol. The van der Waals surface area contributed by atoms with E-state index in [0.717, 1.165) is 12.5 Å². The lowest BCUT2D eigenvalue weighted by atomic mass is 9.93. The van der Waals surface area contributed by atoms with Crippen LogP contribution in [-0.2, 0) is 0 Å². The van der Waals surface area contributed by atoms with Gasteiger partial charge >= 0.3 is 0 Å². The van der Waals surface area contributed by atoms with Gasteiger partial charge in [-0.05, 0) is 19.8 Å². The predicted octanol–water partition coefficient (Wildman–Crippen LogP) is 0.331. The Morgan fingerprint density at radius 1 is 1.71 bits per heavy atom. The Labute approximate surface area is 85.8 Å². The van der Waals surface area contributed by atoms with Crippen molar-refractivity contribution >= 4 is 5.96 Å². The molecule has 14 heavy (non-hydrogen) atoms. The molecule has 1 heterocycles. The molecule has 0 radical (unpaired) electrons. The van der Waals surface area contributed by atoms with Gasteiger partial charge in [0.25, 0.3) is 0 Å². The SMILES string of the molecule is CC1CN=C(NCC(C)(O)C(C)C)N1. The van der Waals surface area contributed by atoms with Crippen molar-refractivity contribution in [3.8, 4) is 0 Å². The van der Waals surface area contributed by atoms with Gasteiger partial charge in [-0.3, -0.25) is 4.99 Å². The van der Waals surface area contributed by atoms with Gasteiger partial charge in [-0.15, -0.1) is 0 Å². The van der Waals surface area contributed by atoms with Gasteiger partial charge in [0, 0.05) is 12.6 Å². The van der Waals surface area contributed by atoms with Crippen molar-refractivity contribution in [2.75, 3.05) is 13.1 Å². The molecule has 2 unspecified atom stereocenters. The lowest BCUT2D eigenvalue weighted by Crippen LogP contribution is -2.47. The summed E-state index contributed by atoms with van der Waals surface area (Å²) in [6.45, 7) is 9.28. The third-order valence-corrected chi connectivity index (χ3v) is 2.76. The first kappa shape index (κ1) is 11.3. The van der Waals surface area contributed by atoms with Crippen LogP contribution < -0.4 is 10.6 Å². The van der Waals surface area contributed by atoms with Crippen molar-refractivity contribution in [1.82, 2.24) is 10.6 Å². The molecular formula is C10H21N3O. The Hall–Kier alpha value is -0.770. The van der Waals surface area contributed by atoms with E-state index in [1.807, 2.05) is 20.8 Å². The van der Waals surface area contributed by atoms with Crippen molar-refractivity contribution in [3.63, 3.8) is 0 Å². The average molecular weight is 199 g/mol. The fourth-order valence-corrected chi connectivity index (χ4v) is 1.13. The summed E-state index contributed by atoms with van der Waals surface area (Å²) in [5, 5.41) is 16.3. The summed E-state index contributed by atoms with van der Waals surface area (Å²) in [5.41, 5.74) is -0.684. The van der Waals surface area contributed by atoms with Gasteiger partial charge in [-0.2, -0.15) is 0 Å². The van der Waals surface area contributed by atoms with Crippen LogP contribution in [0.5, 0.6) is 0 Å². The van der Waals surface area contributed by atoms with Gasteiger partial charge in [-0.25, -0.2) is 0 Å². The fraction of sp³-hybridized carbons (Fsp3) is 0.900. The second-order valence-corrected chi connectivity index (χ2v) is 4.60. The van der Waals surface area contributed by atoms with Crippen LogP contribution in [0.1, 0.15) is 27.7 Å². The highest BCUT2D eigenvalue weighted by Crippen LogP contribution is 2.14. The number of rotatable bonds is 3. The molecule has 0 aromatic rings. The van der Waals surface area contributed by atoms with E-state index in [4.69, 9.17) is 0 Å². The quantitative estimate of drug-likeness (QED) is 0.614. The molecule has 4 nitrogen and oxygen atoms in total. The monoisotopic (exact) mass is 199 g/mol. The van der Waals surface area contributed by atoms with E-state index in [-0.39, 0.29) is 5.92 Å². The Morgan fingerprint density at radius 3 is 2.79 bits per heavy atom. The van der Waals surface area contributed by atoms with Crippen molar-refractivity contribution in [1.29, 1.82) is 0 Å². The maximum absolute atomic E-state index is 9.97. The summed E-state index contributed by atoms with van der Waals surface area (Å²) < 4.78 is 0. The van der Waals surface area contributed by atoms with Gasteiger partial charge in [0.15, 0.2) is 5.96 Å². The first-order valence-corrected chi connectivity index (χ1v) is 5.19. The van der Waals surface area contributed by atoms with Gasteiger partial charge < -0.3 is 15.7 Å². The van der Waals surface area contributed by atoms with E-state index in [1.54, 1.807) is 0 Å². The van der Waals surface area contributed by atoms with Gasteiger partial charge in [0.05, 0.1) is 12.1 Å². The summed E-state index contributed by atoms with van der Waals surface area (Å²) in [6.07, 6.45) is 0. The summed E-state index contributed by atoms with van der Waals surface area (Å²) in [7, 11) is 0. The Morgan fingerprint density at radius 2 is 2.36 bits per heavy atom. The normalized spacial score (nSPS) is 25.6. The van der Waals surface area contributed by atoms with E-state index in [2.05, 4.69) is 22.5 Å². The van der Waals surface area contributed by atoms with Crippen molar-refractivity contribution in [2.24, 2.45) is 10.9 Å². The third kappa shape index (κ3) is 2.87. The molecule has 1 rings (SSSR count). The molecule has 0 bridgehead atoms. The van der Waals surface area contributed by atoms with E-state index in [1.165, 1.54) is 0 Å². The third-order valence-electron chi connectivity index (χ3n) is 2.76. The second-order valence-electron chi connectivity index (χ2n) is 4.60. The first-order chi connectivity index (χ1) is 6.42. The number of hydrogen-bond donors (Lipinski definition) is 3. The maximum atomic E-state index is 9.97. The molecule has 0 amide bonds. The molecule has 0 aromatic heterocycles. The highest BCUT2D eigenvalue weighted by Gasteiger charge is 2.25. The van der Waals surface area contributed by atoms with E-state index in [9.17, 15) is 5.11 Å². The minimum absolute atomic E-state index is 0.231. The van der Waals surface area contributed by atoms with Gasteiger partial charge in [-0.1, -0.05) is 13.8 Å². The molecule has 0 spiro atoms. The van der Waals surface area contributed by atoms with E-state index < -0.39 is 5.60 Å². The standard InChI is InChI=1S/C10H21N3O/c1-7(2)10(4,14)6-12-9-11-5-8(3)13-9/h7-8,14H,5-6H2,1-4H3,(H2,11,12,13). The summed E-state index contributed by atoms with van der Waals surface area (Å²) >= 11 is 0. The number of aliphatic imine (C=N–C) groups is 1. The molecule has 0 saturated carbocycles. The van der Waals surface area contributed by atoms with Crippen LogP contribution in [0.2, 0.25) is 0 Å². The summed E-state index contributed by atoms with van der Waals surface area (Å²) in [6, 6.07) is 0.404. The second kappa shape index (κ2) is 4.17. The zero-order chi connectivity index (χ0) is 10.8. The van der Waals surface area contributed by atoms with Crippen LogP contribution in [0, 0.1) is 5.92 Å². The molecule has 82 valence electrons. The number of nitrogens with one attached hydrogen (secondary N) is 2. The zero-order valence-corrected chi connectivity index (χ0v) is 9.46. The van der Waals surface area contributed by atoms with Gasteiger partial charge in [0.2, 0.25) is 0 Å². The zero-order valence-electron chi connectivity index (χ0n) is 9.46. The van der Waals surface area contributed by atoms with Crippen molar-refractivity contribution in [2.45, 2.75) is 39.3 Å². The Kier molecular flexibility index (Phi) is 3.37. The molecule has 4 heteroatoms. The van der Waals surface area contributed by atoms with Gasteiger partial charge in [0.1, 0.15) is 0 Å². The van der Waals surface area contributed by atoms with Crippen LogP contribution in [0.25, 0.3) is 0 Å². The highest BCUT2D eigenvalue weighted by molar-refractivity contribution is 5.81. The first-order valence-electron chi connectivity index (χ1n) is 5.19. The topological polar surface area (TPSA) is 56.7 Å². The number of aliphatic hydroxyl groups is 1. The largest absolute Gasteiger partial charge is 0.388 e. The maximum Gasteiger partial charge on any atom is 0.191 e. The summed E-state index contributed by atoms with van der Waals surface area (Å²) in [5.74, 6) is 1.04. The molecule has 0 aromatic carbocycles. The fourth-order valence-electron chi connectivity index (χ4n) is 1.13. The van der Waals surface area contributed by atoms with E-state index >= 15 is 0 Å². The Bertz CT molecular complexity index is 223. The Balaban J connectivity index is 2.34. The minimum atomic E-state index is -0.684. The molecule has 0 saturated heterocycles. The molecule has 0 aliphatic carbocycles. The number of nitrogens with zero attached hydrogens (tertiary/aromatic N) is 1. The smallest absolute Gasteiger partial charge is 0.191 e. The minimum Gasteiger partial charge on any atom is -0.388 e. The van der Waals surface area contributed by atoms with Crippen molar-refractivity contribution in [3.05, 3.63) is 0 Å². The van der Waals surface area contributed by atoms with Crippen molar-refractivity contribution < 1.29 is 5.11 Å². The van der Waals surface area contributed by atoms with Crippen LogP contribution in [-0.4, -0.2) is 35.8 Å². The van der Waals surface area contributed by atoms with E-state index in [0.29, 0.717) is 12.6 Å². The van der Waals surface area contributed by atoms with Crippen LogP contribution in [0.4, 0.5) is 0 Å². The summed E-state index contributed by atoms with van der Waals surface area (Å²) in [4.78, 5) is 4.26. The lowest BCUT2D eigenvalue weighted by Gasteiger charge is -2.28. The molecule has 2 atom stereocenters. The van der Waals surface area contributed by atoms with Crippen LogP contribution in [0.3, 0.4) is 0 Å². The van der Waals surface area contributed by atoms with Crippen LogP contribution in [0.15, 0.2) is 4.99 Å². The highest BCUT2D eigenvalue weighted by atomic mass is 16.3. The van der Waals surface area contributed by atoms with Crippen LogP contribution >= 0.6 is 0 Å². The molecule has 3 N–H and O–H groups in total. The molecular weight excluding hydrogens is 178 g/mol. The molecule has 1 aliphatic rings. The molecule has 0 fully saturated rings. The lowest BCUT2D eigenvalue weighted by molar-refractivity contribution is 0.0182.